The molecule has 0 spiro atoms. The molecule has 4 rings (SSSR count). The molecule has 1 N–H and O–H groups in total. The Morgan fingerprint density at radius 1 is 0.951 bits per heavy atom. The molecule has 2 aromatic carbocycles. The number of hydrogen-bond acceptors (Lipinski definition) is 7. The van der Waals surface area contributed by atoms with Crippen molar-refractivity contribution in [2.45, 2.75) is 46.1 Å². The highest BCUT2D eigenvalue weighted by Crippen LogP contribution is 2.25. The molecular weight excluding hydrogens is 522 g/mol. The molecule has 0 unspecified atom stereocenters. The second-order valence-electron chi connectivity index (χ2n) is 10.7. The van der Waals surface area contributed by atoms with Crippen LogP contribution in [0.2, 0.25) is 0 Å². The first-order valence-corrected chi connectivity index (χ1v) is 13.4. The van der Waals surface area contributed by atoms with E-state index >= 15 is 0 Å². The van der Waals surface area contributed by atoms with Gasteiger partial charge >= 0.3 is 23.8 Å². The van der Waals surface area contributed by atoms with Gasteiger partial charge in [0.05, 0.1) is 10.9 Å². The first-order chi connectivity index (χ1) is 19.5. The summed E-state index contributed by atoms with van der Waals surface area (Å²) in [4.78, 5) is 50.8. The highest BCUT2D eigenvalue weighted by Gasteiger charge is 2.25. The highest BCUT2D eigenvalue weighted by atomic mass is 16.6. The lowest BCUT2D eigenvalue weighted by Gasteiger charge is -2.26. The Morgan fingerprint density at radius 3 is 2.29 bits per heavy atom. The van der Waals surface area contributed by atoms with E-state index in [0.717, 1.165) is 11.1 Å². The Morgan fingerprint density at radius 2 is 1.61 bits per heavy atom. The van der Waals surface area contributed by atoms with E-state index in [0.29, 0.717) is 36.2 Å². The molecule has 4 aromatic rings. The third-order valence-electron chi connectivity index (χ3n) is 6.42. The van der Waals surface area contributed by atoms with Crippen molar-refractivity contribution in [2.24, 2.45) is 0 Å². The van der Waals surface area contributed by atoms with Gasteiger partial charge in [0.2, 0.25) is 0 Å². The van der Waals surface area contributed by atoms with E-state index in [2.05, 4.69) is 15.3 Å². The maximum Gasteiger partial charge on any atom is 0.412 e. The van der Waals surface area contributed by atoms with Crippen molar-refractivity contribution in [3.8, 4) is 0 Å². The van der Waals surface area contributed by atoms with Gasteiger partial charge in [-0.25, -0.2) is 19.3 Å². The number of aryl methyl sites for hydroxylation is 1. The first-order valence-electron chi connectivity index (χ1n) is 13.4. The maximum absolute atomic E-state index is 13.7. The molecule has 0 fully saturated rings. The molecule has 2 aromatic heterocycles. The van der Waals surface area contributed by atoms with E-state index in [9.17, 15) is 14.4 Å². The molecule has 3 amide bonds. The Labute approximate surface area is 239 Å². The van der Waals surface area contributed by atoms with Crippen molar-refractivity contribution in [2.75, 3.05) is 30.4 Å². The molecule has 214 valence electrons. The van der Waals surface area contributed by atoms with Gasteiger partial charge in [0, 0.05) is 38.2 Å². The van der Waals surface area contributed by atoms with Gasteiger partial charge in [-0.1, -0.05) is 30.3 Å². The summed E-state index contributed by atoms with van der Waals surface area (Å²) in [5.41, 5.74) is 1.98. The van der Waals surface area contributed by atoms with Crippen LogP contribution < -0.4 is 15.8 Å². The molecule has 0 bridgehead atoms. The van der Waals surface area contributed by atoms with Crippen LogP contribution in [0.4, 0.5) is 21.3 Å². The van der Waals surface area contributed by atoms with Crippen LogP contribution in [0.3, 0.4) is 0 Å². The lowest BCUT2D eigenvalue weighted by molar-refractivity contribution is 0.0635. The lowest BCUT2D eigenvalue weighted by atomic mass is 10.1. The number of hydrogen-bond donors (Lipinski definition) is 1. The Balaban J connectivity index is 1.63. The number of urea groups is 1. The zero-order valence-corrected chi connectivity index (χ0v) is 24.0. The molecule has 2 heterocycles. The average Bonchev–Trinajstić information content (AvgIpc) is 2.93. The van der Waals surface area contributed by atoms with Crippen LogP contribution in [0.5, 0.6) is 0 Å². The number of likely N-dealkylation sites (N-methyl/N-ethyl adjacent to an activating group) is 1. The van der Waals surface area contributed by atoms with Gasteiger partial charge < -0.3 is 14.1 Å². The summed E-state index contributed by atoms with van der Waals surface area (Å²) < 4.78 is 11.0. The standard InChI is InChI=1S/C31H35N5O5/c1-21-24(34-29(38)41-31(2,3)4)11-12-25-26(21)27(37)40-28(33-25)36(20-16-22-9-7-6-8-10-22)30(39)35(5)19-15-23-13-17-32-18-14-23/h6-14,17-18H,15-16,19-20H2,1-5H3,(H,34,38). The number of amides is 3. The highest BCUT2D eigenvalue weighted by molar-refractivity contribution is 5.94. The predicted octanol–water partition coefficient (Wildman–Crippen LogP) is 5.58. The first kappa shape index (κ1) is 29.3. The van der Waals surface area contributed by atoms with Crippen molar-refractivity contribution in [1.82, 2.24) is 14.9 Å². The monoisotopic (exact) mass is 557 g/mol. The number of rotatable bonds is 8. The second-order valence-corrected chi connectivity index (χ2v) is 10.7. The summed E-state index contributed by atoms with van der Waals surface area (Å²) >= 11 is 0. The number of nitrogens with zero attached hydrogens (tertiary/aromatic N) is 4. The Hall–Kier alpha value is -4.73. The van der Waals surface area contributed by atoms with E-state index < -0.39 is 17.3 Å². The maximum atomic E-state index is 13.7. The van der Waals surface area contributed by atoms with E-state index in [1.165, 1.54) is 4.90 Å². The van der Waals surface area contributed by atoms with E-state index in [1.54, 1.807) is 64.2 Å². The van der Waals surface area contributed by atoms with Gasteiger partial charge in [-0.2, -0.15) is 4.98 Å². The molecule has 0 aliphatic carbocycles. The summed E-state index contributed by atoms with van der Waals surface area (Å²) in [6.07, 6.45) is 3.97. The topological polar surface area (TPSA) is 118 Å². The van der Waals surface area contributed by atoms with Crippen molar-refractivity contribution in [3.05, 3.63) is 94.1 Å². The summed E-state index contributed by atoms with van der Waals surface area (Å²) in [5, 5.41) is 2.89. The average molecular weight is 558 g/mol. The Bertz CT molecular complexity index is 1570. The quantitative estimate of drug-likeness (QED) is 0.300. The third-order valence-corrected chi connectivity index (χ3v) is 6.42. The van der Waals surface area contributed by atoms with Crippen LogP contribution in [0.25, 0.3) is 10.9 Å². The van der Waals surface area contributed by atoms with Crippen LogP contribution in [-0.4, -0.2) is 52.7 Å². The zero-order valence-electron chi connectivity index (χ0n) is 24.0. The summed E-state index contributed by atoms with van der Waals surface area (Å²) in [5.74, 6) is 0. The van der Waals surface area contributed by atoms with Crippen molar-refractivity contribution < 1.29 is 18.7 Å². The molecule has 0 saturated carbocycles. The number of carbonyl (C=O) groups is 2. The fourth-order valence-corrected chi connectivity index (χ4v) is 4.28. The number of ether oxygens (including phenoxy) is 1. The van der Waals surface area contributed by atoms with Crippen LogP contribution in [0.1, 0.15) is 37.5 Å². The van der Waals surface area contributed by atoms with E-state index in [4.69, 9.17) is 9.15 Å². The molecule has 10 nitrogen and oxygen atoms in total. The van der Waals surface area contributed by atoms with E-state index in [-0.39, 0.29) is 24.0 Å². The normalized spacial score (nSPS) is 11.2. The molecule has 10 heteroatoms. The number of anilines is 2. The minimum absolute atomic E-state index is 0.0913. The molecule has 0 radical (unpaired) electrons. The molecule has 0 saturated heterocycles. The summed E-state index contributed by atoms with van der Waals surface area (Å²) in [6.45, 7) is 7.69. The van der Waals surface area contributed by atoms with Crippen molar-refractivity contribution >= 4 is 34.7 Å². The van der Waals surface area contributed by atoms with Crippen LogP contribution in [0.15, 0.2) is 76.2 Å². The molecular formula is C31H35N5O5. The third kappa shape index (κ3) is 7.69. The van der Waals surface area contributed by atoms with Crippen LogP contribution in [0, 0.1) is 6.92 Å². The molecule has 41 heavy (non-hydrogen) atoms. The number of pyridine rings is 1. The second kappa shape index (κ2) is 12.6. The Kier molecular flexibility index (Phi) is 9.01. The summed E-state index contributed by atoms with van der Waals surface area (Å²) in [6, 6.07) is 16.4. The zero-order chi connectivity index (χ0) is 29.6. The van der Waals surface area contributed by atoms with E-state index in [1.807, 2.05) is 42.5 Å². The fraction of sp³-hybridized carbons (Fsp3) is 0.323. The van der Waals surface area contributed by atoms with Crippen molar-refractivity contribution in [3.63, 3.8) is 0 Å². The number of aromatic nitrogens is 2. The lowest BCUT2D eigenvalue weighted by Crippen LogP contribution is -2.44. The SMILES string of the molecule is Cc1c(NC(=O)OC(C)(C)C)ccc2nc(N(CCc3ccccc3)C(=O)N(C)CCc3ccncc3)oc(=O)c12. The van der Waals surface area contributed by atoms with Gasteiger partial charge in [0.15, 0.2) is 0 Å². The van der Waals surface area contributed by atoms with Crippen LogP contribution in [-0.2, 0) is 17.6 Å². The minimum atomic E-state index is -0.675. The van der Waals surface area contributed by atoms with Gasteiger partial charge in [-0.05, 0) is 81.5 Å². The number of benzene rings is 2. The smallest absolute Gasteiger partial charge is 0.412 e. The van der Waals surface area contributed by atoms with Crippen molar-refractivity contribution in [1.29, 1.82) is 0 Å². The minimum Gasteiger partial charge on any atom is -0.444 e. The fourth-order valence-electron chi connectivity index (χ4n) is 4.28. The van der Waals surface area contributed by atoms with Gasteiger partial charge in [-0.15, -0.1) is 0 Å². The largest absolute Gasteiger partial charge is 0.444 e. The van der Waals surface area contributed by atoms with Crippen LogP contribution >= 0.6 is 0 Å². The van der Waals surface area contributed by atoms with Gasteiger partial charge in [0.1, 0.15) is 5.60 Å². The number of nitrogens with one attached hydrogen (secondary N) is 1. The van der Waals surface area contributed by atoms with Gasteiger partial charge in [0.25, 0.3) is 0 Å². The predicted molar refractivity (Wildman–Crippen MR) is 158 cm³/mol. The van der Waals surface area contributed by atoms with Gasteiger partial charge in [-0.3, -0.25) is 10.3 Å². The number of fused-ring (bicyclic) bond motifs is 1. The molecule has 0 aliphatic heterocycles. The number of carbonyl (C=O) groups excluding carboxylic acids is 2. The molecule has 0 aliphatic rings. The molecule has 0 atom stereocenters. The summed E-state index contributed by atoms with van der Waals surface area (Å²) in [7, 11) is 1.71.